The van der Waals surface area contributed by atoms with Crippen molar-refractivity contribution in [2.45, 2.75) is 38.1 Å². The van der Waals surface area contributed by atoms with E-state index in [1.165, 1.54) is 0 Å². The molecule has 0 amide bonds. The molecule has 0 heterocycles. The number of halogens is 3. The number of rotatable bonds is 3. The molecule has 15 heavy (non-hydrogen) atoms. The Hall–Kier alpha value is 0.520. The molecule has 0 spiro atoms. The van der Waals surface area contributed by atoms with E-state index in [1.54, 1.807) is 0 Å². The number of hydrogen-bond donors (Lipinski definition) is 1. The molecule has 0 aromatic heterocycles. The summed E-state index contributed by atoms with van der Waals surface area (Å²) in [5, 5.41) is 0. The Bertz CT molecular complexity index is 343. The van der Waals surface area contributed by atoms with Crippen LogP contribution in [0.15, 0.2) is 8.86 Å². The summed E-state index contributed by atoms with van der Waals surface area (Å²) >= 11 is 16.1. The number of hydrogen-bond acceptors (Lipinski definition) is 2. The van der Waals surface area contributed by atoms with Crippen LogP contribution in [0.4, 0.5) is 0 Å². The first-order chi connectivity index (χ1) is 6.93. The van der Waals surface area contributed by atoms with Crippen LogP contribution in [-0.2, 0) is 10.0 Å². The van der Waals surface area contributed by atoms with Gasteiger partial charge in [-0.15, -0.1) is 0 Å². The number of sulfonamides is 1. The van der Waals surface area contributed by atoms with Crippen molar-refractivity contribution in [1.29, 1.82) is 0 Å². The normalized spacial score (nSPS) is 18.9. The van der Waals surface area contributed by atoms with Crippen LogP contribution < -0.4 is 4.72 Å². The van der Waals surface area contributed by atoms with Crippen molar-refractivity contribution < 1.29 is 8.42 Å². The molecule has 1 N–H and O–H groups in total. The highest BCUT2D eigenvalue weighted by Gasteiger charge is 2.24. The Balaban J connectivity index is 2.68. The van der Waals surface area contributed by atoms with E-state index in [9.17, 15) is 8.42 Å². The lowest BCUT2D eigenvalue weighted by atomic mass is 9.96. The van der Waals surface area contributed by atoms with Crippen LogP contribution in [-0.4, -0.2) is 14.5 Å². The molecule has 3 nitrogen and oxygen atoms in total. The molecule has 0 atom stereocenters. The van der Waals surface area contributed by atoms with Gasteiger partial charge in [-0.1, -0.05) is 54.1 Å². The second-order valence-corrected chi connectivity index (χ2v) is 6.69. The molecular weight excluding hydrogens is 281 g/mol. The summed E-state index contributed by atoms with van der Waals surface area (Å²) in [6, 6.07) is -0.0508. The van der Waals surface area contributed by atoms with E-state index in [1.807, 2.05) is 0 Å². The second-order valence-electron chi connectivity index (χ2n) is 3.49. The minimum atomic E-state index is -3.73. The Morgan fingerprint density at radius 2 is 1.60 bits per heavy atom. The second kappa shape index (κ2) is 5.73. The SMILES string of the molecule is O=S(=O)(NC1CCCCC1)C(Cl)=C(Cl)Cl. The van der Waals surface area contributed by atoms with Crippen LogP contribution >= 0.6 is 34.8 Å². The molecule has 0 aromatic rings. The van der Waals surface area contributed by atoms with Gasteiger partial charge in [-0.25, -0.2) is 13.1 Å². The highest BCUT2D eigenvalue weighted by molar-refractivity contribution is 7.95. The molecule has 0 radical (unpaired) electrons. The summed E-state index contributed by atoms with van der Waals surface area (Å²) in [4.78, 5) is 0. The Morgan fingerprint density at radius 1 is 1.07 bits per heavy atom. The maximum atomic E-state index is 11.6. The molecule has 0 saturated heterocycles. The summed E-state index contributed by atoms with van der Waals surface area (Å²) in [6.45, 7) is 0. The van der Waals surface area contributed by atoms with Crippen LogP contribution in [0.1, 0.15) is 32.1 Å². The molecule has 0 unspecified atom stereocenters. The maximum Gasteiger partial charge on any atom is 0.254 e. The fraction of sp³-hybridized carbons (Fsp3) is 0.750. The van der Waals surface area contributed by atoms with Crippen LogP contribution in [0, 0.1) is 0 Å². The molecular formula is C8H12Cl3NO2S. The Morgan fingerprint density at radius 3 is 2.07 bits per heavy atom. The van der Waals surface area contributed by atoms with Gasteiger partial charge in [-0.3, -0.25) is 0 Å². The first kappa shape index (κ1) is 13.6. The molecule has 1 rings (SSSR count). The van der Waals surface area contributed by atoms with Crippen LogP contribution in [0.3, 0.4) is 0 Å². The minimum absolute atomic E-state index is 0.0508. The lowest BCUT2D eigenvalue weighted by Gasteiger charge is -2.22. The Labute approximate surface area is 105 Å². The lowest BCUT2D eigenvalue weighted by molar-refractivity contribution is 0.413. The zero-order chi connectivity index (χ0) is 11.5. The van der Waals surface area contributed by atoms with Crippen LogP contribution in [0.5, 0.6) is 0 Å². The monoisotopic (exact) mass is 291 g/mol. The largest absolute Gasteiger partial charge is 0.254 e. The third kappa shape index (κ3) is 4.11. The van der Waals surface area contributed by atoms with E-state index in [-0.39, 0.29) is 6.04 Å². The van der Waals surface area contributed by atoms with Gasteiger partial charge < -0.3 is 0 Å². The highest BCUT2D eigenvalue weighted by atomic mass is 35.5. The van der Waals surface area contributed by atoms with Crippen molar-refractivity contribution in [1.82, 2.24) is 4.72 Å². The molecule has 0 aliphatic heterocycles. The van der Waals surface area contributed by atoms with Crippen LogP contribution in [0.2, 0.25) is 0 Å². The molecule has 7 heteroatoms. The van der Waals surface area contributed by atoms with Gasteiger partial charge in [0.15, 0.2) is 4.36 Å². The van der Waals surface area contributed by atoms with Crippen molar-refractivity contribution in [3.8, 4) is 0 Å². The van der Waals surface area contributed by atoms with E-state index in [0.717, 1.165) is 32.1 Å². The van der Waals surface area contributed by atoms with Gasteiger partial charge in [-0.05, 0) is 12.8 Å². The fourth-order valence-corrected chi connectivity index (χ4v) is 3.32. The Kier molecular flexibility index (Phi) is 5.19. The summed E-state index contributed by atoms with van der Waals surface area (Å²) < 4.78 is 24.7. The van der Waals surface area contributed by atoms with Gasteiger partial charge in [0, 0.05) is 6.04 Å². The third-order valence-corrected chi connectivity index (χ3v) is 5.23. The van der Waals surface area contributed by atoms with E-state index in [4.69, 9.17) is 34.8 Å². The standard InChI is InChI=1S/C8H12Cl3NO2S/c9-7(10)8(11)15(13,14)12-6-4-2-1-3-5-6/h6,12H,1-5H2. The van der Waals surface area contributed by atoms with Gasteiger partial charge in [0.2, 0.25) is 0 Å². The minimum Gasteiger partial charge on any atom is -0.207 e. The first-order valence-electron chi connectivity index (χ1n) is 4.66. The van der Waals surface area contributed by atoms with Crippen molar-refractivity contribution in [3.05, 3.63) is 8.86 Å². The lowest BCUT2D eigenvalue weighted by Crippen LogP contribution is -2.36. The fourth-order valence-electron chi connectivity index (χ4n) is 1.59. The summed E-state index contributed by atoms with van der Waals surface area (Å²) in [5.41, 5.74) is 0. The smallest absolute Gasteiger partial charge is 0.207 e. The van der Waals surface area contributed by atoms with Gasteiger partial charge in [0.1, 0.15) is 4.49 Å². The molecule has 88 valence electrons. The van der Waals surface area contributed by atoms with Crippen LogP contribution in [0.25, 0.3) is 0 Å². The third-order valence-electron chi connectivity index (χ3n) is 2.31. The average Bonchev–Trinajstić information content (AvgIpc) is 2.17. The molecule has 1 aliphatic carbocycles. The zero-order valence-corrected chi connectivity index (χ0v) is 11.1. The summed E-state index contributed by atoms with van der Waals surface area (Å²) in [7, 11) is -3.73. The van der Waals surface area contributed by atoms with Crippen molar-refractivity contribution in [2.75, 3.05) is 0 Å². The van der Waals surface area contributed by atoms with E-state index < -0.39 is 18.9 Å². The van der Waals surface area contributed by atoms with Gasteiger partial charge >= 0.3 is 0 Å². The highest BCUT2D eigenvalue weighted by Crippen LogP contribution is 2.25. The van der Waals surface area contributed by atoms with Gasteiger partial charge in [0.05, 0.1) is 0 Å². The quantitative estimate of drug-likeness (QED) is 0.869. The van der Waals surface area contributed by atoms with Gasteiger partial charge in [0.25, 0.3) is 10.0 Å². The van der Waals surface area contributed by atoms with Gasteiger partial charge in [-0.2, -0.15) is 0 Å². The molecule has 1 fully saturated rings. The van der Waals surface area contributed by atoms with E-state index in [0.29, 0.717) is 0 Å². The molecule has 1 saturated carbocycles. The zero-order valence-electron chi connectivity index (χ0n) is 7.97. The number of nitrogens with one attached hydrogen (secondary N) is 1. The maximum absolute atomic E-state index is 11.6. The first-order valence-corrected chi connectivity index (χ1v) is 7.28. The van der Waals surface area contributed by atoms with E-state index in [2.05, 4.69) is 4.72 Å². The summed E-state index contributed by atoms with van der Waals surface area (Å²) in [5.74, 6) is 0. The van der Waals surface area contributed by atoms with Crippen molar-refractivity contribution in [3.63, 3.8) is 0 Å². The molecule has 0 bridgehead atoms. The molecule has 1 aliphatic rings. The molecule has 0 aromatic carbocycles. The topological polar surface area (TPSA) is 46.2 Å². The van der Waals surface area contributed by atoms with Crippen molar-refractivity contribution >= 4 is 44.8 Å². The predicted molar refractivity (Wildman–Crippen MR) is 63.5 cm³/mol. The van der Waals surface area contributed by atoms with E-state index >= 15 is 0 Å². The van der Waals surface area contributed by atoms with Crippen molar-refractivity contribution in [2.24, 2.45) is 0 Å². The predicted octanol–water partition coefficient (Wildman–Crippen LogP) is 3.08. The average molecular weight is 293 g/mol. The summed E-state index contributed by atoms with van der Waals surface area (Å²) in [6.07, 6.45) is 4.89.